The van der Waals surface area contributed by atoms with Crippen molar-refractivity contribution >= 4 is 29.9 Å². The summed E-state index contributed by atoms with van der Waals surface area (Å²) < 4.78 is 31.0. The van der Waals surface area contributed by atoms with Gasteiger partial charge in [-0.05, 0) is 73.6 Å². The molecule has 0 fully saturated rings. The maximum absolute atomic E-state index is 15.2. The molecule has 0 aliphatic carbocycles. The molecule has 0 unspecified atom stereocenters. The summed E-state index contributed by atoms with van der Waals surface area (Å²) >= 11 is 0. The Kier molecular flexibility index (Phi) is 6.68. The van der Waals surface area contributed by atoms with Crippen LogP contribution in [0.15, 0.2) is 17.8 Å². The Balaban J connectivity index is 2.65. The van der Waals surface area contributed by atoms with E-state index in [0.717, 1.165) is 16.1 Å². The lowest BCUT2D eigenvalue weighted by Crippen LogP contribution is -2.53. The molecule has 8 nitrogen and oxygen atoms in total. The summed E-state index contributed by atoms with van der Waals surface area (Å²) in [4.78, 5) is 38.0. The van der Waals surface area contributed by atoms with Crippen LogP contribution in [0.2, 0.25) is 0 Å². The summed E-state index contributed by atoms with van der Waals surface area (Å²) in [5, 5.41) is 1.70. The first-order valence-electron chi connectivity index (χ1n) is 9.89. The number of ether oxygens (including phenoxy) is 3. The average Bonchev–Trinajstić information content (AvgIpc) is 2.57. The molecule has 31 heavy (non-hydrogen) atoms. The van der Waals surface area contributed by atoms with Gasteiger partial charge in [-0.15, -0.1) is 0 Å². The average molecular weight is 436 g/mol. The number of nitrogens with zero attached hydrogens (tertiary/aromatic N) is 2. The summed E-state index contributed by atoms with van der Waals surface area (Å²) in [5.41, 5.74) is -1.54. The molecule has 0 spiro atoms. The van der Waals surface area contributed by atoms with E-state index >= 15 is 4.39 Å². The van der Waals surface area contributed by atoms with Crippen molar-refractivity contribution in [3.8, 4) is 0 Å². The van der Waals surface area contributed by atoms with Gasteiger partial charge in [0, 0.05) is 11.3 Å². The van der Waals surface area contributed by atoms with Crippen LogP contribution >= 0.6 is 0 Å². The first-order chi connectivity index (χ1) is 14.1. The standard InChI is InChI=1S/C22H29FN2O6/c1-9-29-18(26)15-11-14-10-13(2)24(19(27)30-21(3,4)5)25(17(14)16(23)12-15)20(28)31-22(6,7)8/h10-12H,9H2,1-8H3. The molecule has 0 N–H and O–H groups in total. The van der Waals surface area contributed by atoms with Gasteiger partial charge in [-0.25, -0.2) is 18.8 Å². The highest BCUT2D eigenvalue weighted by atomic mass is 19.1. The normalized spacial score (nSPS) is 13.9. The van der Waals surface area contributed by atoms with Gasteiger partial charge in [-0.3, -0.25) is 0 Å². The molecule has 9 heteroatoms. The SMILES string of the molecule is CCOC(=O)c1cc(F)c2c(c1)C=C(C)N(C(=O)OC(C)(C)C)N2C(=O)OC(C)(C)C. The van der Waals surface area contributed by atoms with E-state index in [2.05, 4.69) is 0 Å². The number of anilines is 1. The molecular formula is C22H29FN2O6. The van der Waals surface area contributed by atoms with Gasteiger partial charge in [-0.2, -0.15) is 10.0 Å². The molecule has 0 saturated heterocycles. The smallest absolute Gasteiger partial charge is 0.434 e. The third-order valence-electron chi connectivity index (χ3n) is 3.85. The van der Waals surface area contributed by atoms with Gasteiger partial charge in [0.2, 0.25) is 0 Å². The number of fused-ring (bicyclic) bond motifs is 1. The highest BCUT2D eigenvalue weighted by molar-refractivity contribution is 5.99. The minimum absolute atomic E-state index is 0.0167. The second-order valence-electron chi connectivity index (χ2n) is 8.99. The zero-order valence-electron chi connectivity index (χ0n) is 19.2. The maximum Gasteiger partial charge on any atom is 0.434 e. The van der Waals surface area contributed by atoms with E-state index in [9.17, 15) is 14.4 Å². The van der Waals surface area contributed by atoms with Crippen LogP contribution in [0.25, 0.3) is 6.08 Å². The molecule has 2 rings (SSSR count). The number of halogens is 1. The molecule has 1 aliphatic heterocycles. The molecule has 1 aliphatic rings. The third kappa shape index (κ3) is 5.74. The molecule has 1 aromatic rings. The van der Waals surface area contributed by atoms with Gasteiger partial charge in [0.25, 0.3) is 0 Å². The Morgan fingerprint density at radius 3 is 1.94 bits per heavy atom. The van der Waals surface area contributed by atoms with Gasteiger partial charge in [0.15, 0.2) is 5.82 Å². The number of hydrogen-bond donors (Lipinski definition) is 0. The Morgan fingerprint density at radius 1 is 0.935 bits per heavy atom. The van der Waals surface area contributed by atoms with Crippen molar-refractivity contribution in [2.45, 2.75) is 66.6 Å². The monoisotopic (exact) mass is 436 g/mol. The summed E-state index contributed by atoms with van der Waals surface area (Å²) in [5.74, 6) is -1.60. The molecule has 0 saturated carbocycles. The number of benzene rings is 1. The van der Waals surface area contributed by atoms with Crippen LogP contribution in [-0.4, -0.2) is 41.0 Å². The van der Waals surface area contributed by atoms with Gasteiger partial charge < -0.3 is 14.2 Å². The van der Waals surface area contributed by atoms with Crippen molar-refractivity contribution in [2.24, 2.45) is 0 Å². The van der Waals surface area contributed by atoms with E-state index in [4.69, 9.17) is 14.2 Å². The highest BCUT2D eigenvalue weighted by Crippen LogP contribution is 2.37. The van der Waals surface area contributed by atoms with Crippen LogP contribution in [0.1, 0.15) is 71.3 Å². The van der Waals surface area contributed by atoms with E-state index in [1.165, 1.54) is 12.1 Å². The topological polar surface area (TPSA) is 85.4 Å². The van der Waals surface area contributed by atoms with Crippen LogP contribution < -0.4 is 5.01 Å². The fourth-order valence-corrected chi connectivity index (χ4v) is 2.84. The zero-order chi connectivity index (χ0) is 23.7. The number of allylic oxidation sites excluding steroid dienone is 1. The molecule has 2 amide bonds. The molecule has 0 bridgehead atoms. The van der Waals surface area contributed by atoms with Crippen LogP contribution in [0.4, 0.5) is 19.7 Å². The van der Waals surface area contributed by atoms with Crippen molar-refractivity contribution < 1.29 is 33.0 Å². The predicted octanol–water partition coefficient (Wildman–Crippen LogP) is 5.27. The van der Waals surface area contributed by atoms with Crippen molar-refractivity contribution in [1.82, 2.24) is 5.01 Å². The van der Waals surface area contributed by atoms with Crippen LogP contribution in [0.3, 0.4) is 0 Å². The van der Waals surface area contributed by atoms with Gasteiger partial charge in [0.05, 0.1) is 12.2 Å². The van der Waals surface area contributed by atoms with E-state index < -0.39 is 35.2 Å². The molecule has 1 heterocycles. The van der Waals surface area contributed by atoms with Gasteiger partial charge in [0.1, 0.15) is 16.9 Å². The fourth-order valence-electron chi connectivity index (χ4n) is 2.84. The number of carbonyl (C=O) groups excluding carboxylic acids is 3. The fraction of sp³-hybridized carbons (Fsp3) is 0.500. The van der Waals surface area contributed by atoms with Crippen molar-refractivity contribution in [3.05, 3.63) is 34.8 Å². The quantitative estimate of drug-likeness (QED) is 0.464. The lowest BCUT2D eigenvalue weighted by atomic mass is 10.0. The maximum atomic E-state index is 15.2. The molecular weight excluding hydrogens is 407 g/mol. The van der Waals surface area contributed by atoms with Gasteiger partial charge in [-0.1, -0.05) is 0 Å². The Morgan fingerprint density at radius 2 is 1.45 bits per heavy atom. The number of rotatable bonds is 2. The third-order valence-corrected chi connectivity index (χ3v) is 3.85. The minimum atomic E-state index is -0.977. The van der Waals surface area contributed by atoms with E-state index in [0.29, 0.717) is 0 Å². The summed E-state index contributed by atoms with van der Waals surface area (Å²) in [7, 11) is 0. The summed E-state index contributed by atoms with van der Waals surface area (Å²) in [6, 6.07) is 2.35. The minimum Gasteiger partial charge on any atom is -0.462 e. The van der Waals surface area contributed by atoms with E-state index in [1.54, 1.807) is 55.4 Å². The largest absolute Gasteiger partial charge is 0.462 e. The predicted molar refractivity (Wildman–Crippen MR) is 113 cm³/mol. The molecule has 0 aromatic heterocycles. The Bertz CT molecular complexity index is 927. The first-order valence-corrected chi connectivity index (χ1v) is 9.89. The van der Waals surface area contributed by atoms with Crippen LogP contribution in [-0.2, 0) is 14.2 Å². The number of amides is 2. The number of hydrogen-bond acceptors (Lipinski definition) is 6. The van der Waals surface area contributed by atoms with Crippen LogP contribution in [0, 0.1) is 5.82 Å². The molecule has 1 aromatic carbocycles. The zero-order valence-corrected chi connectivity index (χ0v) is 19.2. The van der Waals surface area contributed by atoms with E-state index in [1.807, 2.05) is 0 Å². The second kappa shape index (κ2) is 8.56. The number of hydrazine groups is 1. The molecule has 170 valence electrons. The Hall–Kier alpha value is -3.10. The summed E-state index contributed by atoms with van der Waals surface area (Å²) in [6.45, 7) is 13.3. The number of carbonyl (C=O) groups is 3. The van der Waals surface area contributed by atoms with Gasteiger partial charge >= 0.3 is 18.2 Å². The number of esters is 1. The first kappa shape index (κ1) is 24.2. The van der Waals surface area contributed by atoms with Crippen LogP contribution in [0.5, 0.6) is 0 Å². The molecule has 0 atom stereocenters. The van der Waals surface area contributed by atoms with Crippen molar-refractivity contribution in [3.63, 3.8) is 0 Å². The van der Waals surface area contributed by atoms with E-state index in [-0.39, 0.29) is 29.1 Å². The second-order valence-corrected chi connectivity index (χ2v) is 8.99. The lowest BCUT2D eigenvalue weighted by molar-refractivity contribution is 0.0195. The summed E-state index contributed by atoms with van der Waals surface area (Å²) in [6.07, 6.45) is -0.382. The Labute approximate surface area is 181 Å². The highest BCUT2D eigenvalue weighted by Gasteiger charge is 2.40. The molecule has 0 radical (unpaired) electrons. The lowest BCUT2D eigenvalue weighted by Gasteiger charge is -2.39. The van der Waals surface area contributed by atoms with Crippen molar-refractivity contribution in [1.29, 1.82) is 0 Å². The van der Waals surface area contributed by atoms with Crippen molar-refractivity contribution in [2.75, 3.05) is 11.6 Å².